The largest absolute Gasteiger partial charge is 0.431 e. The minimum atomic E-state index is -0.726. The van der Waals surface area contributed by atoms with Crippen LogP contribution in [0.2, 0.25) is 0 Å². The number of fused-ring (bicyclic) bond motifs is 5. The molecule has 0 spiro atoms. The van der Waals surface area contributed by atoms with Crippen molar-refractivity contribution < 1.29 is 14.6 Å². The van der Waals surface area contributed by atoms with Crippen LogP contribution in [0.15, 0.2) is 27.6 Å². The lowest BCUT2D eigenvalue weighted by Crippen LogP contribution is -2.68. The van der Waals surface area contributed by atoms with Crippen LogP contribution in [-0.4, -0.2) is 58.5 Å². The number of aliphatic hydroxyl groups is 2. The first kappa shape index (κ1) is 23.2. The van der Waals surface area contributed by atoms with Crippen molar-refractivity contribution in [2.75, 3.05) is 26.2 Å². The zero-order valence-corrected chi connectivity index (χ0v) is 20.9. The van der Waals surface area contributed by atoms with E-state index in [0.29, 0.717) is 12.0 Å². The Labute approximate surface area is 203 Å². The second-order valence-corrected chi connectivity index (χ2v) is 12.7. The van der Waals surface area contributed by atoms with E-state index >= 15 is 0 Å². The molecule has 3 N–H and O–H groups in total. The molecule has 1 aliphatic heterocycles. The van der Waals surface area contributed by atoms with Gasteiger partial charge in [0.2, 0.25) is 0 Å². The van der Waals surface area contributed by atoms with Gasteiger partial charge in [0.1, 0.15) is 0 Å². The maximum absolute atomic E-state index is 12.4. The van der Waals surface area contributed by atoms with Gasteiger partial charge in [-0.3, -0.25) is 4.90 Å². The molecule has 0 radical (unpaired) electrons. The third-order valence-electron chi connectivity index (χ3n) is 11.8. The van der Waals surface area contributed by atoms with Gasteiger partial charge in [-0.1, -0.05) is 13.8 Å². The molecule has 4 aliphatic carbocycles. The van der Waals surface area contributed by atoms with Gasteiger partial charge < -0.3 is 19.9 Å². The highest BCUT2D eigenvalue weighted by atomic mass is 16.4. The Morgan fingerprint density at radius 3 is 2.41 bits per heavy atom. The van der Waals surface area contributed by atoms with Crippen LogP contribution in [-0.2, 0) is 0 Å². The fourth-order valence-corrected chi connectivity index (χ4v) is 9.66. The Hall–Kier alpha value is -1.21. The molecule has 1 aromatic rings. The molecule has 5 fully saturated rings. The van der Waals surface area contributed by atoms with Crippen molar-refractivity contribution in [2.45, 2.75) is 94.8 Å². The maximum atomic E-state index is 12.4. The summed E-state index contributed by atoms with van der Waals surface area (Å²) in [5.74, 6) is 0.800. The van der Waals surface area contributed by atoms with E-state index in [1.807, 2.05) is 6.07 Å². The summed E-state index contributed by atoms with van der Waals surface area (Å²) in [4.78, 5) is 14.1. The first-order chi connectivity index (χ1) is 16.2. The standard InChI is InChI=1S/C28H42N2O4/c1-25-9-5-20(30-15-13-29-14-16-30)17-27(25,32)11-7-23-22(25)6-10-26(2)21(8-12-28(23,26)33)19-3-4-24(31)34-18-19/h3-4,18,20-23,29,32-33H,5-17H2,1-2H3/t20-,21+,22-,23+,25+,26+,27-,28-/m0/s1. The zero-order valence-electron chi connectivity index (χ0n) is 20.9. The molecule has 6 nitrogen and oxygen atoms in total. The van der Waals surface area contributed by atoms with Crippen LogP contribution in [0.4, 0.5) is 0 Å². The van der Waals surface area contributed by atoms with Gasteiger partial charge in [-0.05, 0) is 92.6 Å². The normalized spacial score (nSPS) is 49.2. The predicted molar refractivity (Wildman–Crippen MR) is 131 cm³/mol. The molecular weight excluding hydrogens is 428 g/mol. The third-order valence-corrected chi connectivity index (χ3v) is 11.8. The quantitative estimate of drug-likeness (QED) is 0.615. The van der Waals surface area contributed by atoms with Crippen molar-refractivity contribution >= 4 is 0 Å². The molecule has 0 unspecified atom stereocenters. The summed E-state index contributed by atoms with van der Waals surface area (Å²) in [6.07, 6.45) is 10.2. The summed E-state index contributed by atoms with van der Waals surface area (Å²) in [5.41, 5.74) is -0.982. The van der Waals surface area contributed by atoms with Gasteiger partial charge in [-0.2, -0.15) is 0 Å². The lowest BCUT2D eigenvalue weighted by Gasteiger charge is -2.66. The van der Waals surface area contributed by atoms with Gasteiger partial charge in [-0.25, -0.2) is 4.79 Å². The molecule has 2 heterocycles. The van der Waals surface area contributed by atoms with Crippen LogP contribution in [0.25, 0.3) is 0 Å². The average Bonchev–Trinajstić information content (AvgIpc) is 3.11. The number of hydrogen-bond donors (Lipinski definition) is 3. The van der Waals surface area contributed by atoms with Crippen LogP contribution in [0.3, 0.4) is 0 Å². The number of rotatable bonds is 2. The van der Waals surface area contributed by atoms with Gasteiger partial charge >= 0.3 is 5.63 Å². The summed E-state index contributed by atoms with van der Waals surface area (Å²) < 4.78 is 5.22. The Bertz CT molecular complexity index is 970. The molecule has 1 aromatic heterocycles. The Balaban J connectivity index is 1.27. The topological polar surface area (TPSA) is 85.9 Å². The number of nitrogens with zero attached hydrogens (tertiary/aromatic N) is 1. The summed E-state index contributed by atoms with van der Waals surface area (Å²) in [7, 11) is 0. The van der Waals surface area contributed by atoms with Crippen LogP contribution in [0, 0.1) is 22.7 Å². The average molecular weight is 471 g/mol. The molecule has 188 valence electrons. The smallest absolute Gasteiger partial charge is 0.335 e. The molecule has 0 amide bonds. The minimum absolute atomic E-state index is 0.130. The van der Waals surface area contributed by atoms with E-state index in [0.717, 1.165) is 89.5 Å². The van der Waals surface area contributed by atoms with Gasteiger partial charge in [0.05, 0.1) is 17.5 Å². The second-order valence-electron chi connectivity index (χ2n) is 12.7. The van der Waals surface area contributed by atoms with Crippen molar-refractivity contribution in [1.82, 2.24) is 10.2 Å². The molecule has 0 bridgehead atoms. The first-order valence-electron chi connectivity index (χ1n) is 13.7. The summed E-state index contributed by atoms with van der Waals surface area (Å²) in [6.45, 7) is 8.90. The lowest BCUT2D eigenvalue weighted by molar-refractivity contribution is -0.250. The Kier molecular flexibility index (Phi) is 5.39. The Morgan fingerprint density at radius 2 is 1.68 bits per heavy atom. The Morgan fingerprint density at radius 1 is 0.941 bits per heavy atom. The van der Waals surface area contributed by atoms with E-state index < -0.39 is 11.2 Å². The third kappa shape index (κ3) is 3.11. The number of piperazine rings is 1. The van der Waals surface area contributed by atoms with Gasteiger partial charge in [-0.15, -0.1) is 0 Å². The number of nitrogens with one attached hydrogen (secondary N) is 1. The summed E-state index contributed by atoms with van der Waals surface area (Å²) in [5, 5.41) is 28.0. The van der Waals surface area contributed by atoms with E-state index in [2.05, 4.69) is 24.1 Å². The minimum Gasteiger partial charge on any atom is -0.431 e. The number of hydrogen-bond acceptors (Lipinski definition) is 6. The molecule has 4 saturated carbocycles. The summed E-state index contributed by atoms with van der Waals surface area (Å²) >= 11 is 0. The molecule has 5 aliphatic rings. The molecular formula is C28H42N2O4. The first-order valence-corrected chi connectivity index (χ1v) is 13.7. The highest BCUT2D eigenvalue weighted by molar-refractivity contribution is 5.27. The van der Waals surface area contributed by atoms with Crippen LogP contribution >= 0.6 is 0 Å². The SMILES string of the molecule is C[C@]12CC[C@H](N3CCNCC3)C[C@@]1(O)CC[C@@H]1[C@@H]2CC[C@]2(C)[C@@H](c3ccc(=O)oc3)CC[C@]12O. The molecule has 6 rings (SSSR count). The van der Waals surface area contributed by atoms with Crippen LogP contribution in [0.5, 0.6) is 0 Å². The van der Waals surface area contributed by atoms with E-state index in [-0.39, 0.29) is 28.3 Å². The predicted octanol–water partition coefficient (Wildman–Crippen LogP) is 3.27. The molecule has 8 atom stereocenters. The summed E-state index contributed by atoms with van der Waals surface area (Å²) in [6, 6.07) is 3.90. The van der Waals surface area contributed by atoms with Crippen molar-refractivity contribution in [3.05, 3.63) is 34.4 Å². The second kappa shape index (κ2) is 7.89. The van der Waals surface area contributed by atoms with Crippen molar-refractivity contribution in [3.8, 4) is 0 Å². The van der Waals surface area contributed by atoms with Gasteiger partial charge in [0, 0.05) is 43.7 Å². The molecule has 0 aromatic carbocycles. The highest BCUT2D eigenvalue weighted by Gasteiger charge is 2.70. The highest BCUT2D eigenvalue weighted by Crippen LogP contribution is 2.71. The van der Waals surface area contributed by atoms with Crippen molar-refractivity contribution in [3.63, 3.8) is 0 Å². The van der Waals surface area contributed by atoms with Crippen LogP contribution in [0.1, 0.15) is 83.1 Å². The molecule has 1 saturated heterocycles. The van der Waals surface area contributed by atoms with E-state index in [9.17, 15) is 15.0 Å². The maximum Gasteiger partial charge on any atom is 0.335 e. The fourth-order valence-electron chi connectivity index (χ4n) is 9.66. The van der Waals surface area contributed by atoms with Crippen LogP contribution < -0.4 is 10.9 Å². The van der Waals surface area contributed by atoms with E-state index in [4.69, 9.17) is 4.42 Å². The lowest BCUT2D eigenvalue weighted by atomic mass is 9.41. The monoisotopic (exact) mass is 470 g/mol. The van der Waals surface area contributed by atoms with E-state index in [1.165, 1.54) is 6.07 Å². The molecule has 34 heavy (non-hydrogen) atoms. The zero-order chi connectivity index (χ0) is 23.8. The van der Waals surface area contributed by atoms with Crippen molar-refractivity contribution in [1.29, 1.82) is 0 Å². The van der Waals surface area contributed by atoms with Crippen molar-refractivity contribution in [2.24, 2.45) is 22.7 Å². The molecule has 6 heteroatoms. The van der Waals surface area contributed by atoms with Gasteiger partial charge in [0.15, 0.2) is 0 Å². The van der Waals surface area contributed by atoms with E-state index in [1.54, 1.807) is 6.26 Å². The van der Waals surface area contributed by atoms with Gasteiger partial charge in [0.25, 0.3) is 0 Å². The fraction of sp³-hybridized carbons (Fsp3) is 0.821.